The molecule has 0 aliphatic rings. The van der Waals surface area contributed by atoms with Crippen LogP contribution in [-0.2, 0) is 0 Å². The van der Waals surface area contributed by atoms with Gasteiger partial charge >= 0.3 is 0 Å². The summed E-state index contributed by atoms with van der Waals surface area (Å²) in [5.41, 5.74) is 0. The SMILES string of the molecule is S=c1cc(Br)[nH]c(Br)c1. The first-order valence-electron chi connectivity index (χ1n) is 2.24. The molecule has 9 heavy (non-hydrogen) atoms. The van der Waals surface area contributed by atoms with Crippen molar-refractivity contribution in [2.75, 3.05) is 0 Å². The van der Waals surface area contributed by atoms with Crippen LogP contribution in [0.1, 0.15) is 0 Å². The molecule has 0 aliphatic carbocycles. The monoisotopic (exact) mass is 267 g/mol. The van der Waals surface area contributed by atoms with E-state index < -0.39 is 0 Å². The number of hydrogen-bond donors (Lipinski definition) is 1. The molecule has 0 unspecified atom stereocenters. The highest BCUT2D eigenvalue weighted by Gasteiger charge is 1.87. The largest absolute Gasteiger partial charge is 0.344 e. The second-order valence-corrected chi connectivity index (χ2v) is 3.69. The molecule has 0 saturated heterocycles. The van der Waals surface area contributed by atoms with E-state index in [1.54, 1.807) is 0 Å². The van der Waals surface area contributed by atoms with Gasteiger partial charge in [-0.1, -0.05) is 12.2 Å². The average Bonchev–Trinajstić information content (AvgIpc) is 1.59. The van der Waals surface area contributed by atoms with Crippen LogP contribution in [-0.4, -0.2) is 4.98 Å². The van der Waals surface area contributed by atoms with Crippen LogP contribution in [0.2, 0.25) is 0 Å². The summed E-state index contributed by atoms with van der Waals surface area (Å²) < 4.78 is 2.59. The third kappa shape index (κ3) is 2.20. The quantitative estimate of drug-likeness (QED) is 0.564. The molecule has 0 aromatic carbocycles. The molecule has 4 heteroatoms. The Hall–Kier alpha value is 0.330. The van der Waals surface area contributed by atoms with Crippen molar-refractivity contribution >= 4 is 44.1 Å². The van der Waals surface area contributed by atoms with Crippen molar-refractivity contribution in [3.05, 3.63) is 25.8 Å². The molecule has 0 atom stereocenters. The molecule has 0 fully saturated rings. The molecule has 1 nitrogen and oxygen atoms in total. The van der Waals surface area contributed by atoms with Gasteiger partial charge in [-0.05, 0) is 44.0 Å². The van der Waals surface area contributed by atoms with E-state index in [2.05, 4.69) is 36.8 Å². The van der Waals surface area contributed by atoms with E-state index in [4.69, 9.17) is 12.2 Å². The van der Waals surface area contributed by atoms with Crippen molar-refractivity contribution in [3.63, 3.8) is 0 Å². The van der Waals surface area contributed by atoms with E-state index in [1.807, 2.05) is 12.1 Å². The highest BCUT2D eigenvalue weighted by atomic mass is 79.9. The molecule has 1 rings (SSSR count). The number of aromatic nitrogens is 1. The highest BCUT2D eigenvalue weighted by molar-refractivity contribution is 9.11. The molecule has 0 bridgehead atoms. The average molecular weight is 269 g/mol. The van der Waals surface area contributed by atoms with Crippen LogP contribution in [0.25, 0.3) is 0 Å². The lowest BCUT2D eigenvalue weighted by Gasteiger charge is -1.91. The minimum absolute atomic E-state index is 0.812. The number of hydrogen-bond acceptors (Lipinski definition) is 1. The van der Waals surface area contributed by atoms with Crippen LogP contribution in [0, 0.1) is 4.51 Å². The maximum absolute atomic E-state index is 4.91. The number of halogens is 2. The first kappa shape index (κ1) is 7.44. The highest BCUT2D eigenvalue weighted by Crippen LogP contribution is 2.12. The minimum atomic E-state index is 0.812. The van der Waals surface area contributed by atoms with Crippen LogP contribution in [0.15, 0.2) is 21.3 Å². The number of aromatic amines is 1. The third-order valence-electron chi connectivity index (χ3n) is 0.777. The molecule has 1 aromatic rings. The summed E-state index contributed by atoms with van der Waals surface area (Å²) in [6, 6.07) is 3.67. The number of rotatable bonds is 0. The van der Waals surface area contributed by atoms with Gasteiger partial charge in [-0.15, -0.1) is 0 Å². The molecule has 0 spiro atoms. The molecule has 1 heterocycles. The Morgan fingerprint density at radius 3 is 2.00 bits per heavy atom. The second kappa shape index (κ2) is 2.94. The maximum Gasteiger partial charge on any atom is 0.0842 e. The van der Waals surface area contributed by atoms with Gasteiger partial charge in [0.2, 0.25) is 0 Å². The van der Waals surface area contributed by atoms with E-state index in [0.29, 0.717) is 0 Å². The van der Waals surface area contributed by atoms with E-state index in [0.717, 1.165) is 13.7 Å². The summed E-state index contributed by atoms with van der Waals surface area (Å²) in [4.78, 5) is 2.98. The van der Waals surface area contributed by atoms with E-state index in [1.165, 1.54) is 0 Å². The van der Waals surface area contributed by atoms with Crippen molar-refractivity contribution in [2.24, 2.45) is 0 Å². The van der Waals surface area contributed by atoms with Gasteiger partial charge in [0, 0.05) is 4.51 Å². The molecular formula is C5H3Br2NS. The predicted molar refractivity (Wildman–Crippen MR) is 47.0 cm³/mol. The molecule has 0 amide bonds. The van der Waals surface area contributed by atoms with Crippen LogP contribution < -0.4 is 0 Å². The number of pyridine rings is 1. The fourth-order valence-electron chi connectivity index (χ4n) is 0.478. The third-order valence-corrected chi connectivity index (χ3v) is 1.87. The van der Waals surface area contributed by atoms with Crippen LogP contribution >= 0.6 is 44.1 Å². The molecule has 48 valence electrons. The van der Waals surface area contributed by atoms with Gasteiger partial charge < -0.3 is 4.98 Å². The van der Waals surface area contributed by atoms with Crippen LogP contribution in [0.4, 0.5) is 0 Å². The smallest absolute Gasteiger partial charge is 0.0842 e. The lowest BCUT2D eigenvalue weighted by molar-refractivity contribution is 1.22. The predicted octanol–water partition coefficient (Wildman–Crippen LogP) is 3.27. The van der Waals surface area contributed by atoms with Gasteiger partial charge in [0.1, 0.15) is 0 Å². The Bertz CT molecular complexity index is 245. The molecule has 0 aliphatic heterocycles. The summed E-state index contributed by atoms with van der Waals surface area (Å²) >= 11 is 11.4. The molecule has 0 saturated carbocycles. The zero-order chi connectivity index (χ0) is 6.85. The van der Waals surface area contributed by atoms with E-state index in [9.17, 15) is 0 Å². The summed E-state index contributed by atoms with van der Waals surface area (Å²) in [6.07, 6.45) is 0. The Morgan fingerprint density at radius 2 is 1.67 bits per heavy atom. The van der Waals surface area contributed by atoms with Gasteiger partial charge in [0.25, 0.3) is 0 Å². The van der Waals surface area contributed by atoms with E-state index in [-0.39, 0.29) is 0 Å². The summed E-state index contributed by atoms with van der Waals surface area (Å²) in [6.45, 7) is 0. The van der Waals surface area contributed by atoms with Gasteiger partial charge in [-0.3, -0.25) is 0 Å². The van der Waals surface area contributed by atoms with E-state index >= 15 is 0 Å². The van der Waals surface area contributed by atoms with Crippen LogP contribution in [0.3, 0.4) is 0 Å². The Morgan fingerprint density at radius 1 is 1.22 bits per heavy atom. The first-order valence-corrected chi connectivity index (χ1v) is 4.23. The lowest BCUT2D eigenvalue weighted by Crippen LogP contribution is -1.74. The van der Waals surface area contributed by atoms with Crippen molar-refractivity contribution in [3.8, 4) is 0 Å². The van der Waals surface area contributed by atoms with Gasteiger partial charge in [-0.2, -0.15) is 0 Å². The summed E-state index contributed by atoms with van der Waals surface area (Å²) in [5, 5.41) is 0. The maximum atomic E-state index is 4.91. The van der Waals surface area contributed by atoms with Crippen molar-refractivity contribution < 1.29 is 0 Å². The number of nitrogens with one attached hydrogen (secondary N) is 1. The molecular weight excluding hydrogens is 266 g/mol. The standard InChI is InChI=1S/C5H3Br2NS/c6-4-1-3(9)2-5(7)8-4/h1-2H,(H,8,9). The second-order valence-electron chi connectivity index (χ2n) is 1.51. The Labute approximate surface area is 74.7 Å². The first-order chi connectivity index (χ1) is 4.18. The van der Waals surface area contributed by atoms with Crippen LogP contribution in [0.5, 0.6) is 0 Å². The van der Waals surface area contributed by atoms with Crippen molar-refractivity contribution in [1.29, 1.82) is 0 Å². The molecule has 1 aromatic heterocycles. The topological polar surface area (TPSA) is 15.8 Å². The zero-order valence-electron chi connectivity index (χ0n) is 4.32. The van der Waals surface area contributed by atoms with Crippen molar-refractivity contribution in [2.45, 2.75) is 0 Å². The van der Waals surface area contributed by atoms with Crippen molar-refractivity contribution in [1.82, 2.24) is 4.98 Å². The summed E-state index contributed by atoms with van der Waals surface area (Å²) in [5.74, 6) is 0. The lowest BCUT2D eigenvalue weighted by atomic mass is 10.5. The minimum Gasteiger partial charge on any atom is -0.344 e. The fraction of sp³-hybridized carbons (Fsp3) is 0. The summed E-state index contributed by atoms with van der Waals surface area (Å²) in [7, 11) is 0. The van der Waals surface area contributed by atoms with Gasteiger partial charge in [-0.25, -0.2) is 0 Å². The normalized spacial score (nSPS) is 9.56. The molecule has 1 N–H and O–H groups in total. The Kier molecular flexibility index (Phi) is 2.43. The molecule has 0 radical (unpaired) electrons. The Balaban J connectivity index is 3.33. The number of H-pyrrole nitrogens is 1. The van der Waals surface area contributed by atoms with Gasteiger partial charge in [0.05, 0.1) is 9.21 Å². The zero-order valence-corrected chi connectivity index (χ0v) is 8.31. The fourth-order valence-corrected chi connectivity index (χ4v) is 2.20. The van der Waals surface area contributed by atoms with Gasteiger partial charge in [0.15, 0.2) is 0 Å².